The Morgan fingerprint density at radius 3 is 1.59 bits per heavy atom. The Hall–Kier alpha value is -3.00. The number of unbranched alkanes of at least 4 members (excludes halogenated alkanes) is 2. The van der Waals surface area contributed by atoms with Gasteiger partial charge < -0.3 is 16.0 Å². The summed E-state index contributed by atoms with van der Waals surface area (Å²) in [4.78, 5) is 13.1. The standard InChI is InChI=1S/C20H22F2N6.ClH/c1-2-3-4-13-23-18-26-19(24-16-9-5-14(21)6-10-16)28-20(27-18)25-17-11-7-15(22)8-12-17;/h5-12H,2-4,13H2,1H3,(H3,23,24,25,26,27,28);1H. The van der Waals surface area contributed by atoms with Crippen molar-refractivity contribution in [1.82, 2.24) is 15.0 Å². The lowest BCUT2D eigenvalue weighted by Gasteiger charge is -2.11. The van der Waals surface area contributed by atoms with Crippen LogP contribution >= 0.6 is 12.4 Å². The van der Waals surface area contributed by atoms with E-state index in [-0.39, 0.29) is 24.0 Å². The van der Waals surface area contributed by atoms with Gasteiger partial charge in [0, 0.05) is 17.9 Å². The van der Waals surface area contributed by atoms with Gasteiger partial charge in [-0.1, -0.05) is 19.8 Å². The highest BCUT2D eigenvalue weighted by molar-refractivity contribution is 5.85. The molecule has 6 nitrogen and oxygen atoms in total. The lowest BCUT2D eigenvalue weighted by Crippen LogP contribution is -2.10. The molecule has 9 heteroatoms. The van der Waals surface area contributed by atoms with Crippen LogP contribution in [0.25, 0.3) is 0 Å². The lowest BCUT2D eigenvalue weighted by molar-refractivity contribution is 0.627. The second-order valence-corrected chi connectivity index (χ2v) is 6.20. The fourth-order valence-electron chi connectivity index (χ4n) is 2.47. The van der Waals surface area contributed by atoms with E-state index in [0.29, 0.717) is 29.2 Å². The van der Waals surface area contributed by atoms with Crippen LogP contribution in [0.3, 0.4) is 0 Å². The Morgan fingerprint density at radius 2 is 1.14 bits per heavy atom. The molecule has 0 atom stereocenters. The number of rotatable bonds is 9. The Kier molecular flexibility index (Phi) is 8.54. The molecule has 1 heterocycles. The zero-order valence-corrected chi connectivity index (χ0v) is 16.8. The highest BCUT2D eigenvalue weighted by Gasteiger charge is 2.08. The van der Waals surface area contributed by atoms with Crippen molar-refractivity contribution in [3.63, 3.8) is 0 Å². The molecule has 0 saturated carbocycles. The number of benzene rings is 2. The molecule has 1 aromatic heterocycles. The molecule has 0 unspecified atom stereocenters. The molecule has 0 saturated heterocycles. The summed E-state index contributed by atoms with van der Waals surface area (Å²) in [5.41, 5.74) is 1.30. The first kappa shape index (κ1) is 22.3. The van der Waals surface area contributed by atoms with Gasteiger partial charge in [0.25, 0.3) is 0 Å². The SMILES string of the molecule is CCCCCNc1nc(Nc2ccc(F)cc2)nc(Nc2ccc(F)cc2)n1.Cl. The predicted octanol–water partition coefficient (Wildman–Crippen LogP) is 5.66. The van der Waals surface area contributed by atoms with Gasteiger partial charge >= 0.3 is 0 Å². The van der Waals surface area contributed by atoms with Crippen LogP contribution in [0, 0.1) is 11.6 Å². The van der Waals surface area contributed by atoms with Crippen molar-refractivity contribution in [3.8, 4) is 0 Å². The van der Waals surface area contributed by atoms with Crippen molar-refractivity contribution >= 4 is 41.6 Å². The van der Waals surface area contributed by atoms with Gasteiger partial charge in [0.1, 0.15) is 11.6 Å². The van der Waals surface area contributed by atoms with Crippen LogP contribution in [0.1, 0.15) is 26.2 Å². The van der Waals surface area contributed by atoms with Crippen LogP contribution in [-0.2, 0) is 0 Å². The number of aromatic nitrogens is 3. The van der Waals surface area contributed by atoms with Gasteiger partial charge in [-0.25, -0.2) is 8.78 Å². The van der Waals surface area contributed by atoms with E-state index in [9.17, 15) is 8.78 Å². The Labute approximate surface area is 174 Å². The second kappa shape index (κ2) is 11.1. The van der Waals surface area contributed by atoms with Crippen molar-refractivity contribution in [3.05, 3.63) is 60.2 Å². The van der Waals surface area contributed by atoms with Crippen LogP contribution < -0.4 is 16.0 Å². The molecule has 3 aromatic rings. The quantitative estimate of drug-likeness (QED) is 0.388. The molecular weight excluding hydrogens is 398 g/mol. The van der Waals surface area contributed by atoms with E-state index < -0.39 is 0 Å². The molecular formula is C20H23ClF2N6. The number of nitrogens with one attached hydrogen (secondary N) is 3. The molecule has 3 N–H and O–H groups in total. The average molecular weight is 421 g/mol. The molecule has 0 radical (unpaired) electrons. The Bertz CT molecular complexity index is 825. The Morgan fingerprint density at radius 1 is 0.690 bits per heavy atom. The smallest absolute Gasteiger partial charge is 0.233 e. The van der Waals surface area contributed by atoms with E-state index in [1.165, 1.54) is 24.3 Å². The fourth-order valence-corrected chi connectivity index (χ4v) is 2.47. The van der Waals surface area contributed by atoms with Crippen LogP contribution in [-0.4, -0.2) is 21.5 Å². The molecule has 0 amide bonds. The minimum absolute atomic E-state index is 0. The van der Waals surface area contributed by atoms with Gasteiger partial charge in [-0.2, -0.15) is 15.0 Å². The van der Waals surface area contributed by atoms with Gasteiger partial charge in [-0.05, 0) is 55.0 Å². The first-order chi connectivity index (χ1) is 13.6. The van der Waals surface area contributed by atoms with Gasteiger partial charge in [0.2, 0.25) is 17.8 Å². The monoisotopic (exact) mass is 420 g/mol. The molecule has 0 bridgehead atoms. The topological polar surface area (TPSA) is 74.8 Å². The van der Waals surface area contributed by atoms with E-state index in [1.807, 2.05) is 0 Å². The summed E-state index contributed by atoms with van der Waals surface area (Å²) in [5.74, 6) is 0.394. The van der Waals surface area contributed by atoms with E-state index in [1.54, 1.807) is 24.3 Å². The van der Waals surface area contributed by atoms with E-state index in [0.717, 1.165) is 25.8 Å². The van der Waals surface area contributed by atoms with Crippen molar-refractivity contribution in [2.75, 3.05) is 22.5 Å². The minimum Gasteiger partial charge on any atom is -0.354 e. The lowest BCUT2D eigenvalue weighted by atomic mass is 10.2. The molecule has 0 aliphatic carbocycles. The number of anilines is 5. The largest absolute Gasteiger partial charge is 0.354 e. The molecule has 0 aliphatic rings. The number of nitrogens with zero attached hydrogens (tertiary/aromatic N) is 3. The highest BCUT2D eigenvalue weighted by atomic mass is 35.5. The van der Waals surface area contributed by atoms with Crippen molar-refractivity contribution in [2.24, 2.45) is 0 Å². The molecule has 0 spiro atoms. The Balaban J connectivity index is 0.00000300. The summed E-state index contributed by atoms with van der Waals surface area (Å²) < 4.78 is 26.2. The average Bonchev–Trinajstić information content (AvgIpc) is 2.69. The predicted molar refractivity (Wildman–Crippen MR) is 114 cm³/mol. The third kappa shape index (κ3) is 7.15. The summed E-state index contributed by atoms with van der Waals surface area (Å²) in [6.45, 7) is 2.88. The van der Waals surface area contributed by atoms with E-state index in [4.69, 9.17) is 0 Å². The normalized spacial score (nSPS) is 10.2. The summed E-state index contributed by atoms with van der Waals surface area (Å²) in [6.07, 6.45) is 3.23. The van der Waals surface area contributed by atoms with Crippen LogP contribution in [0.4, 0.5) is 38.0 Å². The third-order valence-corrected chi connectivity index (χ3v) is 3.90. The van der Waals surface area contributed by atoms with Gasteiger partial charge in [0.05, 0.1) is 0 Å². The van der Waals surface area contributed by atoms with Crippen LogP contribution in [0.2, 0.25) is 0 Å². The molecule has 154 valence electrons. The van der Waals surface area contributed by atoms with Crippen molar-refractivity contribution in [1.29, 1.82) is 0 Å². The molecule has 0 fully saturated rings. The van der Waals surface area contributed by atoms with E-state index in [2.05, 4.69) is 37.8 Å². The first-order valence-electron chi connectivity index (χ1n) is 9.17. The summed E-state index contributed by atoms with van der Waals surface area (Å²) in [5, 5.41) is 9.27. The fraction of sp³-hybridized carbons (Fsp3) is 0.250. The minimum atomic E-state index is -0.321. The second-order valence-electron chi connectivity index (χ2n) is 6.20. The van der Waals surface area contributed by atoms with Gasteiger partial charge in [0.15, 0.2) is 0 Å². The number of halogens is 3. The maximum atomic E-state index is 13.1. The maximum absolute atomic E-state index is 13.1. The van der Waals surface area contributed by atoms with Crippen molar-refractivity contribution < 1.29 is 8.78 Å². The van der Waals surface area contributed by atoms with E-state index >= 15 is 0 Å². The molecule has 0 aliphatic heterocycles. The molecule has 2 aromatic carbocycles. The highest BCUT2D eigenvalue weighted by Crippen LogP contribution is 2.19. The molecule has 3 rings (SSSR count). The first-order valence-corrected chi connectivity index (χ1v) is 9.17. The van der Waals surface area contributed by atoms with Gasteiger partial charge in [-0.3, -0.25) is 0 Å². The number of hydrogen-bond acceptors (Lipinski definition) is 6. The summed E-state index contributed by atoms with van der Waals surface area (Å²) in [6, 6.07) is 11.8. The zero-order chi connectivity index (χ0) is 19.8. The number of hydrogen-bond donors (Lipinski definition) is 3. The van der Waals surface area contributed by atoms with Crippen LogP contribution in [0.5, 0.6) is 0 Å². The maximum Gasteiger partial charge on any atom is 0.233 e. The summed E-state index contributed by atoms with van der Waals surface area (Å²) in [7, 11) is 0. The summed E-state index contributed by atoms with van der Waals surface area (Å²) >= 11 is 0. The van der Waals surface area contributed by atoms with Gasteiger partial charge in [-0.15, -0.1) is 12.4 Å². The zero-order valence-electron chi connectivity index (χ0n) is 16.0. The van der Waals surface area contributed by atoms with Crippen LogP contribution in [0.15, 0.2) is 48.5 Å². The molecule has 29 heavy (non-hydrogen) atoms. The third-order valence-electron chi connectivity index (χ3n) is 3.90. The van der Waals surface area contributed by atoms with Crippen molar-refractivity contribution in [2.45, 2.75) is 26.2 Å².